The Kier molecular flexibility index (Phi) is 3.18. The van der Waals surface area contributed by atoms with Gasteiger partial charge in [-0.2, -0.15) is 0 Å². The first-order chi connectivity index (χ1) is 6.13. The Morgan fingerprint density at radius 1 is 1.46 bits per heavy atom. The summed E-state index contributed by atoms with van der Waals surface area (Å²) in [6.07, 6.45) is 1.10. The van der Waals surface area contributed by atoms with Crippen LogP contribution in [0.4, 0.5) is 5.69 Å². The third-order valence-electron chi connectivity index (χ3n) is 2.22. The fourth-order valence-corrected chi connectivity index (χ4v) is 1.13. The van der Waals surface area contributed by atoms with Crippen LogP contribution in [0.2, 0.25) is 0 Å². The van der Waals surface area contributed by atoms with Crippen molar-refractivity contribution >= 4 is 5.69 Å². The molecular weight excluding hydrogens is 162 g/mol. The molecule has 0 aliphatic rings. The van der Waals surface area contributed by atoms with Crippen molar-refractivity contribution in [2.75, 3.05) is 5.32 Å². The summed E-state index contributed by atoms with van der Waals surface area (Å²) >= 11 is 0. The summed E-state index contributed by atoms with van der Waals surface area (Å²) in [7, 11) is 0. The van der Waals surface area contributed by atoms with Crippen LogP contribution in [0.1, 0.15) is 25.8 Å². The van der Waals surface area contributed by atoms with E-state index in [-0.39, 0.29) is 0 Å². The highest BCUT2D eigenvalue weighted by Gasteiger charge is 2.00. The van der Waals surface area contributed by atoms with Crippen LogP contribution in [0, 0.1) is 6.92 Å². The van der Waals surface area contributed by atoms with Gasteiger partial charge in [-0.15, -0.1) is 0 Å². The number of hydrogen-bond acceptors (Lipinski definition) is 2. The van der Waals surface area contributed by atoms with Crippen LogP contribution < -0.4 is 5.32 Å². The first kappa shape index (κ1) is 9.90. The molecule has 0 aliphatic carbocycles. The number of phenols is 1. The number of nitrogens with one attached hydrogen (secondary N) is 1. The highest BCUT2D eigenvalue weighted by atomic mass is 16.3. The molecular formula is C11H17NO. The van der Waals surface area contributed by atoms with Gasteiger partial charge in [0.15, 0.2) is 0 Å². The second kappa shape index (κ2) is 4.17. The lowest BCUT2D eigenvalue weighted by Crippen LogP contribution is -2.13. The van der Waals surface area contributed by atoms with Gasteiger partial charge in [-0.3, -0.25) is 0 Å². The minimum absolute atomic E-state index is 0.356. The van der Waals surface area contributed by atoms with Crippen molar-refractivity contribution in [1.29, 1.82) is 0 Å². The smallest absolute Gasteiger partial charge is 0.118 e. The SMILES string of the molecule is CCC(C)Nc1ccc(O)c(C)c1. The quantitative estimate of drug-likeness (QED) is 0.699. The van der Waals surface area contributed by atoms with E-state index < -0.39 is 0 Å². The predicted octanol–water partition coefficient (Wildman–Crippen LogP) is 2.91. The lowest BCUT2D eigenvalue weighted by Gasteiger charge is -2.13. The summed E-state index contributed by atoms with van der Waals surface area (Å²) in [6.45, 7) is 6.18. The van der Waals surface area contributed by atoms with Gasteiger partial charge in [-0.25, -0.2) is 0 Å². The van der Waals surface area contributed by atoms with E-state index in [1.807, 2.05) is 19.1 Å². The first-order valence-electron chi connectivity index (χ1n) is 4.69. The number of rotatable bonds is 3. The van der Waals surface area contributed by atoms with Crippen LogP contribution in [0.5, 0.6) is 5.75 Å². The minimum atomic E-state index is 0.356. The van der Waals surface area contributed by atoms with Gasteiger partial charge in [0.25, 0.3) is 0 Å². The van der Waals surface area contributed by atoms with Crippen molar-refractivity contribution in [3.63, 3.8) is 0 Å². The van der Waals surface area contributed by atoms with Crippen molar-refractivity contribution in [2.45, 2.75) is 33.2 Å². The number of aromatic hydroxyl groups is 1. The summed E-state index contributed by atoms with van der Waals surface area (Å²) in [4.78, 5) is 0. The lowest BCUT2D eigenvalue weighted by molar-refractivity contribution is 0.471. The normalized spacial score (nSPS) is 12.5. The number of aryl methyl sites for hydroxylation is 1. The lowest BCUT2D eigenvalue weighted by atomic mass is 10.2. The van der Waals surface area contributed by atoms with Crippen molar-refractivity contribution < 1.29 is 5.11 Å². The van der Waals surface area contributed by atoms with E-state index in [0.717, 1.165) is 17.7 Å². The second-order valence-corrected chi connectivity index (χ2v) is 3.45. The zero-order valence-electron chi connectivity index (χ0n) is 8.46. The second-order valence-electron chi connectivity index (χ2n) is 3.45. The maximum absolute atomic E-state index is 9.31. The van der Waals surface area contributed by atoms with Gasteiger partial charge < -0.3 is 10.4 Å². The molecule has 0 radical (unpaired) electrons. The Morgan fingerprint density at radius 2 is 2.15 bits per heavy atom. The molecule has 0 saturated heterocycles. The van der Waals surface area contributed by atoms with Gasteiger partial charge in [-0.05, 0) is 44.0 Å². The van der Waals surface area contributed by atoms with E-state index >= 15 is 0 Å². The van der Waals surface area contributed by atoms with Gasteiger partial charge in [-0.1, -0.05) is 6.92 Å². The summed E-state index contributed by atoms with van der Waals surface area (Å²) in [5, 5.41) is 12.7. The molecule has 1 aromatic carbocycles. The Bertz CT molecular complexity index is 283. The fourth-order valence-electron chi connectivity index (χ4n) is 1.13. The van der Waals surface area contributed by atoms with Crippen LogP contribution in [0.15, 0.2) is 18.2 Å². The Balaban J connectivity index is 2.73. The molecule has 0 spiro atoms. The molecule has 1 aromatic rings. The molecule has 2 nitrogen and oxygen atoms in total. The molecule has 0 aliphatic heterocycles. The number of anilines is 1. The minimum Gasteiger partial charge on any atom is -0.508 e. The molecule has 2 N–H and O–H groups in total. The van der Waals surface area contributed by atoms with Crippen molar-refractivity contribution in [2.24, 2.45) is 0 Å². The third-order valence-corrected chi connectivity index (χ3v) is 2.22. The van der Waals surface area contributed by atoms with Crippen molar-refractivity contribution in [1.82, 2.24) is 0 Å². The average molecular weight is 179 g/mol. The highest BCUT2D eigenvalue weighted by Crippen LogP contribution is 2.20. The van der Waals surface area contributed by atoms with E-state index in [0.29, 0.717) is 11.8 Å². The summed E-state index contributed by atoms with van der Waals surface area (Å²) in [6, 6.07) is 6.06. The van der Waals surface area contributed by atoms with Gasteiger partial charge in [0.1, 0.15) is 5.75 Å². The van der Waals surface area contributed by atoms with Crippen molar-refractivity contribution in [3.05, 3.63) is 23.8 Å². The van der Waals surface area contributed by atoms with E-state index in [9.17, 15) is 5.11 Å². The topological polar surface area (TPSA) is 32.3 Å². The van der Waals surface area contributed by atoms with Crippen molar-refractivity contribution in [3.8, 4) is 5.75 Å². The number of benzene rings is 1. The highest BCUT2D eigenvalue weighted by molar-refractivity contribution is 5.50. The Labute approximate surface area is 79.6 Å². The van der Waals surface area contributed by atoms with Gasteiger partial charge >= 0.3 is 0 Å². The maximum atomic E-state index is 9.31. The molecule has 1 rings (SSSR count). The van der Waals surface area contributed by atoms with Crippen LogP contribution >= 0.6 is 0 Å². The standard InChI is InChI=1S/C11H17NO/c1-4-9(3)12-10-5-6-11(13)8(2)7-10/h5-7,9,12-13H,4H2,1-3H3. The monoisotopic (exact) mass is 179 g/mol. The summed E-state index contributed by atoms with van der Waals surface area (Å²) in [5.41, 5.74) is 1.98. The first-order valence-corrected chi connectivity index (χ1v) is 4.69. The van der Waals surface area contributed by atoms with Crippen LogP contribution in [-0.4, -0.2) is 11.1 Å². The maximum Gasteiger partial charge on any atom is 0.118 e. The number of phenolic OH excluding ortho intramolecular Hbond substituents is 1. The van der Waals surface area contributed by atoms with Crippen LogP contribution in [-0.2, 0) is 0 Å². The summed E-state index contributed by atoms with van der Waals surface area (Å²) in [5.74, 6) is 0.356. The van der Waals surface area contributed by atoms with Gasteiger partial charge in [0.05, 0.1) is 0 Å². The molecule has 2 heteroatoms. The van der Waals surface area contributed by atoms with Gasteiger partial charge in [0.2, 0.25) is 0 Å². The predicted molar refractivity (Wildman–Crippen MR) is 56.2 cm³/mol. The summed E-state index contributed by atoms with van der Waals surface area (Å²) < 4.78 is 0. The molecule has 13 heavy (non-hydrogen) atoms. The fraction of sp³-hybridized carbons (Fsp3) is 0.455. The van der Waals surface area contributed by atoms with E-state index in [1.54, 1.807) is 6.07 Å². The van der Waals surface area contributed by atoms with E-state index in [2.05, 4.69) is 19.2 Å². The molecule has 0 heterocycles. The van der Waals surface area contributed by atoms with E-state index in [1.165, 1.54) is 0 Å². The molecule has 1 atom stereocenters. The molecule has 0 fully saturated rings. The molecule has 0 amide bonds. The van der Waals surface area contributed by atoms with Crippen LogP contribution in [0.3, 0.4) is 0 Å². The molecule has 72 valence electrons. The van der Waals surface area contributed by atoms with Gasteiger partial charge in [0, 0.05) is 11.7 Å². The molecule has 0 bridgehead atoms. The molecule has 0 aromatic heterocycles. The van der Waals surface area contributed by atoms with E-state index in [4.69, 9.17) is 0 Å². The molecule has 0 saturated carbocycles. The third kappa shape index (κ3) is 2.65. The average Bonchev–Trinajstić information content (AvgIpc) is 2.11. The largest absolute Gasteiger partial charge is 0.508 e. The van der Waals surface area contributed by atoms with Crippen LogP contribution in [0.25, 0.3) is 0 Å². The number of hydrogen-bond donors (Lipinski definition) is 2. The Hall–Kier alpha value is -1.18. The Morgan fingerprint density at radius 3 is 2.69 bits per heavy atom. The molecule has 1 unspecified atom stereocenters. The zero-order valence-corrected chi connectivity index (χ0v) is 8.46. The zero-order chi connectivity index (χ0) is 9.84.